The summed E-state index contributed by atoms with van der Waals surface area (Å²) in [4.78, 5) is 24.4. The predicted octanol–water partition coefficient (Wildman–Crippen LogP) is 2.34. The lowest BCUT2D eigenvalue weighted by Gasteiger charge is -2.36. The molecule has 0 radical (unpaired) electrons. The second-order valence-corrected chi connectivity index (χ2v) is 10.4. The van der Waals surface area contributed by atoms with Crippen LogP contribution in [-0.4, -0.2) is 65.8 Å². The van der Waals surface area contributed by atoms with Crippen molar-refractivity contribution in [3.05, 3.63) is 58.6 Å². The number of nitrogens with zero attached hydrogens (tertiary/aromatic N) is 3. The van der Waals surface area contributed by atoms with E-state index in [0.717, 1.165) is 5.69 Å². The summed E-state index contributed by atoms with van der Waals surface area (Å²) in [5.41, 5.74) is -5.74. The zero-order valence-electron chi connectivity index (χ0n) is 16.9. The second-order valence-electron chi connectivity index (χ2n) is 7.03. The van der Waals surface area contributed by atoms with Crippen LogP contribution in [0, 0.1) is 10.1 Å². The fourth-order valence-electron chi connectivity index (χ4n) is 3.27. The third-order valence-corrected chi connectivity index (χ3v) is 7.82. The molecular formula is C19H18F3N3O6S2. The van der Waals surface area contributed by atoms with Crippen molar-refractivity contribution in [2.45, 2.75) is 15.3 Å². The normalized spacial score (nSPS) is 15.8. The number of hydrogen-bond acceptors (Lipinski definition) is 7. The average molecular weight is 505 g/mol. The summed E-state index contributed by atoms with van der Waals surface area (Å²) in [5.74, 6) is -1.17. The summed E-state index contributed by atoms with van der Waals surface area (Å²) in [6.07, 6.45) is 0. The lowest BCUT2D eigenvalue weighted by molar-refractivity contribution is -0.388. The van der Waals surface area contributed by atoms with E-state index >= 15 is 0 Å². The monoisotopic (exact) mass is 505 g/mol. The maximum absolute atomic E-state index is 12.8. The molecule has 1 fully saturated rings. The average Bonchev–Trinajstić information content (AvgIpc) is 2.78. The van der Waals surface area contributed by atoms with Gasteiger partial charge in [0.15, 0.2) is 0 Å². The van der Waals surface area contributed by atoms with Gasteiger partial charge in [-0.15, -0.1) is 0 Å². The van der Waals surface area contributed by atoms with Crippen LogP contribution < -0.4 is 4.90 Å². The first-order valence-electron chi connectivity index (χ1n) is 9.48. The standard InChI is InChI=1S/C19H18F3N3O6S2/c20-19(21,22)33(30,31)15-6-7-17(16(12-15)25(27)28)32(29)13-18(26)24-10-8-23(9-11-24)14-4-2-1-3-5-14/h1-7,12H,8-11,13H2/t32-/m0/s1. The first-order chi connectivity index (χ1) is 15.4. The summed E-state index contributed by atoms with van der Waals surface area (Å²) in [6, 6.07) is 10.9. The van der Waals surface area contributed by atoms with Gasteiger partial charge in [-0.2, -0.15) is 13.2 Å². The van der Waals surface area contributed by atoms with E-state index in [9.17, 15) is 40.7 Å². The van der Waals surface area contributed by atoms with E-state index in [2.05, 4.69) is 4.90 Å². The maximum Gasteiger partial charge on any atom is 0.501 e. The molecule has 2 aromatic carbocycles. The van der Waals surface area contributed by atoms with Gasteiger partial charge >= 0.3 is 5.51 Å². The molecule has 1 saturated heterocycles. The number of amides is 1. The molecule has 0 N–H and O–H groups in total. The topological polar surface area (TPSA) is 118 Å². The SMILES string of the molecule is O=C(C[S@](=O)c1ccc(S(=O)(=O)C(F)(F)F)cc1[N+](=O)[O-])N1CCN(c2ccccc2)CC1. The van der Waals surface area contributed by atoms with Crippen LogP contribution >= 0.6 is 0 Å². The Morgan fingerprint density at radius 3 is 2.21 bits per heavy atom. The highest BCUT2D eigenvalue weighted by molar-refractivity contribution is 7.92. The molecule has 178 valence electrons. The number of carbonyl (C=O) groups is 1. The van der Waals surface area contributed by atoms with Gasteiger partial charge in [0, 0.05) is 37.9 Å². The van der Waals surface area contributed by atoms with Crippen LogP contribution in [0.5, 0.6) is 0 Å². The summed E-state index contributed by atoms with van der Waals surface area (Å²) < 4.78 is 74.0. The number of nitro groups is 1. The molecule has 1 aliphatic heterocycles. The molecule has 0 saturated carbocycles. The maximum atomic E-state index is 12.8. The molecule has 3 rings (SSSR count). The van der Waals surface area contributed by atoms with E-state index in [1.54, 1.807) is 0 Å². The fraction of sp³-hybridized carbons (Fsp3) is 0.316. The lowest BCUT2D eigenvalue weighted by Crippen LogP contribution is -2.49. The van der Waals surface area contributed by atoms with Crippen LogP contribution in [-0.2, 0) is 25.4 Å². The van der Waals surface area contributed by atoms with Gasteiger partial charge in [-0.1, -0.05) is 18.2 Å². The van der Waals surface area contributed by atoms with E-state index in [0.29, 0.717) is 38.3 Å². The Labute approximate surface area is 189 Å². The molecule has 1 aliphatic rings. The highest BCUT2D eigenvalue weighted by Crippen LogP contribution is 2.34. The first kappa shape index (κ1) is 24.6. The van der Waals surface area contributed by atoms with E-state index in [1.165, 1.54) is 4.90 Å². The van der Waals surface area contributed by atoms with E-state index in [-0.39, 0.29) is 6.07 Å². The zero-order valence-corrected chi connectivity index (χ0v) is 18.5. The minimum Gasteiger partial charge on any atom is -0.368 e. The van der Waals surface area contributed by atoms with E-state index < -0.39 is 58.2 Å². The number of para-hydroxylation sites is 1. The summed E-state index contributed by atoms with van der Waals surface area (Å²) in [6.45, 7) is 1.70. The number of alkyl halides is 3. The van der Waals surface area contributed by atoms with Crippen molar-refractivity contribution >= 4 is 37.9 Å². The lowest BCUT2D eigenvalue weighted by atomic mass is 10.2. The van der Waals surface area contributed by atoms with Crippen LogP contribution in [0.1, 0.15) is 0 Å². The molecule has 0 bridgehead atoms. The molecule has 9 nitrogen and oxygen atoms in total. The smallest absolute Gasteiger partial charge is 0.368 e. The van der Waals surface area contributed by atoms with Crippen LogP contribution in [0.2, 0.25) is 0 Å². The number of halogens is 3. The molecule has 2 aromatic rings. The third kappa shape index (κ3) is 5.33. The van der Waals surface area contributed by atoms with Gasteiger partial charge in [0.2, 0.25) is 5.91 Å². The van der Waals surface area contributed by atoms with Gasteiger partial charge in [-0.25, -0.2) is 8.42 Å². The molecule has 1 heterocycles. The van der Waals surface area contributed by atoms with E-state index in [1.807, 2.05) is 30.3 Å². The number of carbonyl (C=O) groups excluding carboxylic acids is 1. The van der Waals surface area contributed by atoms with Gasteiger partial charge in [0.25, 0.3) is 15.5 Å². The Morgan fingerprint density at radius 1 is 1.06 bits per heavy atom. The van der Waals surface area contributed by atoms with Crippen LogP contribution in [0.4, 0.5) is 24.5 Å². The number of benzene rings is 2. The largest absolute Gasteiger partial charge is 0.501 e. The molecule has 1 amide bonds. The van der Waals surface area contributed by atoms with E-state index in [4.69, 9.17) is 0 Å². The number of nitro benzene ring substituents is 1. The molecule has 0 aliphatic carbocycles. The summed E-state index contributed by atoms with van der Waals surface area (Å²) in [7, 11) is -8.10. The Kier molecular flexibility index (Phi) is 7.07. The van der Waals surface area contributed by atoms with Gasteiger partial charge in [0.05, 0.1) is 20.6 Å². The predicted molar refractivity (Wildman–Crippen MR) is 113 cm³/mol. The van der Waals surface area contributed by atoms with Crippen molar-refractivity contribution in [1.29, 1.82) is 0 Å². The van der Waals surface area contributed by atoms with Crippen molar-refractivity contribution in [3.8, 4) is 0 Å². The van der Waals surface area contributed by atoms with Crippen LogP contribution in [0.15, 0.2) is 58.3 Å². The first-order valence-corrected chi connectivity index (χ1v) is 12.3. The summed E-state index contributed by atoms with van der Waals surface area (Å²) >= 11 is 0. The number of hydrogen-bond donors (Lipinski definition) is 0. The number of piperazine rings is 1. The molecule has 14 heteroatoms. The highest BCUT2D eigenvalue weighted by atomic mass is 32.2. The Balaban J connectivity index is 1.72. The minimum absolute atomic E-state index is 0.208. The molecule has 1 atom stereocenters. The molecule has 0 unspecified atom stereocenters. The Bertz CT molecular complexity index is 1180. The molecular weight excluding hydrogens is 487 g/mol. The van der Waals surface area contributed by atoms with Crippen LogP contribution in [0.25, 0.3) is 0 Å². The molecule has 33 heavy (non-hydrogen) atoms. The molecule has 0 aromatic heterocycles. The van der Waals surface area contributed by atoms with Crippen molar-refractivity contribution in [2.75, 3.05) is 36.8 Å². The van der Waals surface area contributed by atoms with Gasteiger partial charge in [-0.3, -0.25) is 19.1 Å². The fourth-order valence-corrected chi connectivity index (χ4v) is 5.20. The third-order valence-electron chi connectivity index (χ3n) is 5.00. The quantitative estimate of drug-likeness (QED) is 0.437. The van der Waals surface area contributed by atoms with Gasteiger partial charge < -0.3 is 9.80 Å². The zero-order chi connectivity index (χ0) is 24.4. The number of sulfone groups is 1. The van der Waals surface area contributed by atoms with Crippen molar-refractivity contribution < 1.29 is 35.5 Å². The second kappa shape index (κ2) is 9.47. The Morgan fingerprint density at radius 2 is 1.67 bits per heavy atom. The minimum atomic E-state index is -5.83. The van der Waals surface area contributed by atoms with Gasteiger partial charge in [-0.05, 0) is 24.3 Å². The van der Waals surface area contributed by atoms with Crippen LogP contribution in [0.3, 0.4) is 0 Å². The van der Waals surface area contributed by atoms with Crippen molar-refractivity contribution in [2.24, 2.45) is 0 Å². The Hall–Kier alpha value is -3.00. The highest BCUT2D eigenvalue weighted by Gasteiger charge is 2.47. The van der Waals surface area contributed by atoms with Crippen molar-refractivity contribution in [1.82, 2.24) is 4.90 Å². The summed E-state index contributed by atoms with van der Waals surface area (Å²) in [5, 5.41) is 11.3. The number of rotatable bonds is 6. The molecule has 0 spiro atoms. The van der Waals surface area contributed by atoms with Gasteiger partial charge in [0.1, 0.15) is 10.6 Å². The number of anilines is 1. The van der Waals surface area contributed by atoms with Crippen molar-refractivity contribution in [3.63, 3.8) is 0 Å².